The molecule has 0 aromatic heterocycles. The van der Waals surface area contributed by atoms with Crippen LogP contribution >= 0.6 is 11.6 Å². The number of amides is 2. The van der Waals surface area contributed by atoms with Crippen LogP contribution < -0.4 is 14.8 Å². The van der Waals surface area contributed by atoms with Gasteiger partial charge in [0.25, 0.3) is 0 Å². The summed E-state index contributed by atoms with van der Waals surface area (Å²) in [5.74, 6) is -0.245. The zero-order chi connectivity index (χ0) is 28.2. The SMILES string of the molecule is CCC(=O)Cl.CCC(=O)Nc1ccc(CN2N=C(c3ccc(OC)c(OC(F)F)c3)C(CC)CC2=O)cc1. The van der Waals surface area contributed by atoms with Gasteiger partial charge in [0.05, 0.1) is 19.4 Å². The van der Waals surface area contributed by atoms with Gasteiger partial charge in [-0.25, -0.2) is 5.01 Å². The van der Waals surface area contributed by atoms with Crippen LogP contribution in [-0.2, 0) is 20.9 Å². The van der Waals surface area contributed by atoms with Crippen LogP contribution in [0.4, 0.5) is 14.5 Å². The third-order valence-corrected chi connectivity index (χ3v) is 5.93. The molecule has 206 valence electrons. The van der Waals surface area contributed by atoms with E-state index in [0.717, 1.165) is 5.56 Å². The number of methoxy groups -OCH3 is 1. The number of halogens is 3. The fourth-order valence-electron chi connectivity index (χ4n) is 3.57. The molecule has 1 N–H and O–H groups in total. The van der Waals surface area contributed by atoms with Crippen LogP contribution in [0.3, 0.4) is 0 Å². The van der Waals surface area contributed by atoms with Crippen molar-refractivity contribution in [2.24, 2.45) is 11.0 Å². The molecule has 3 rings (SSSR count). The average molecular weight is 552 g/mol. The molecule has 1 atom stereocenters. The number of benzene rings is 2. The Bertz CT molecular complexity index is 1140. The molecule has 38 heavy (non-hydrogen) atoms. The largest absolute Gasteiger partial charge is 0.493 e. The molecule has 0 saturated carbocycles. The van der Waals surface area contributed by atoms with Gasteiger partial charge in [-0.2, -0.15) is 13.9 Å². The van der Waals surface area contributed by atoms with Crippen molar-refractivity contribution < 1.29 is 32.6 Å². The minimum absolute atomic E-state index is 0.0801. The van der Waals surface area contributed by atoms with E-state index in [1.807, 2.05) is 19.1 Å². The normalized spacial score (nSPS) is 14.8. The van der Waals surface area contributed by atoms with E-state index in [0.29, 0.717) is 36.2 Å². The molecule has 1 aliphatic rings. The number of nitrogens with one attached hydrogen (secondary N) is 1. The summed E-state index contributed by atoms with van der Waals surface area (Å²) < 4.78 is 35.4. The highest BCUT2D eigenvalue weighted by molar-refractivity contribution is 6.63. The molecule has 8 nitrogen and oxygen atoms in total. The molecule has 1 heterocycles. The highest BCUT2D eigenvalue weighted by atomic mass is 35.5. The van der Waals surface area contributed by atoms with E-state index >= 15 is 0 Å². The summed E-state index contributed by atoms with van der Waals surface area (Å²) in [4.78, 5) is 33.8. The molecule has 0 bridgehead atoms. The lowest BCUT2D eigenvalue weighted by Gasteiger charge is -2.29. The van der Waals surface area contributed by atoms with Gasteiger partial charge >= 0.3 is 6.61 Å². The summed E-state index contributed by atoms with van der Waals surface area (Å²) in [7, 11) is 1.37. The Morgan fingerprint density at radius 1 is 1.11 bits per heavy atom. The summed E-state index contributed by atoms with van der Waals surface area (Å²) >= 11 is 4.82. The second-order valence-corrected chi connectivity index (χ2v) is 8.72. The first-order valence-corrected chi connectivity index (χ1v) is 12.6. The summed E-state index contributed by atoms with van der Waals surface area (Å²) in [5, 5.41) is 8.48. The molecule has 0 fully saturated rings. The number of hydrazone groups is 1. The molecule has 2 aromatic carbocycles. The molecule has 11 heteroatoms. The molecule has 0 radical (unpaired) electrons. The number of hydrogen-bond donors (Lipinski definition) is 1. The number of carbonyl (C=O) groups is 3. The van der Waals surface area contributed by atoms with Crippen LogP contribution in [0.5, 0.6) is 11.5 Å². The zero-order valence-corrected chi connectivity index (χ0v) is 22.6. The number of rotatable bonds is 10. The first-order valence-electron chi connectivity index (χ1n) is 12.2. The van der Waals surface area contributed by atoms with Crippen molar-refractivity contribution in [1.29, 1.82) is 0 Å². The van der Waals surface area contributed by atoms with Gasteiger partial charge in [-0.05, 0) is 53.9 Å². The van der Waals surface area contributed by atoms with Gasteiger partial charge in [-0.3, -0.25) is 14.4 Å². The molecule has 2 aromatic rings. The predicted molar refractivity (Wildman–Crippen MR) is 142 cm³/mol. The molecule has 0 saturated heterocycles. The maximum absolute atomic E-state index is 12.8. The quantitative estimate of drug-likeness (QED) is 0.367. The number of hydrogen-bond acceptors (Lipinski definition) is 6. The molecular weight excluding hydrogens is 520 g/mol. The lowest BCUT2D eigenvalue weighted by molar-refractivity contribution is -0.133. The van der Waals surface area contributed by atoms with Crippen LogP contribution in [0.15, 0.2) is 47.6 Å². The van der Waals surface area contributed by atoms with Gasteiger partial charge in [0, 0.05) is 36.4 Å². The van der Waals surface area contributed by atoms with Crippen molar-refractivity contribution in [3.63, 3.8) is 0 Å². The van der Waals surface area contributed by atoms with E-state index in [9.17, 15) is 23.2 Å². The third-order valence-electron chi connectivity index (χ3n) is 5.66. The van der Waals surface area contributed by atoms with E-state index in [-0.39, 0.29) is 47.4 Å². The van der Waals surface area contributed by atoms with Gasteiger partial charge in [0.2, 0.25) is 17.1 Å². The summed E-state index contributed by atoms with van der Waals surface area (Å²) in [6, 6.07) is 11.9. The molecule has 1 aliphatic heterocycles. The molecule has 0 spiro atoms. The topological polar surface area (TPSA) is 97.3 Å². The zero-order valence-electron chi connectivity index (χ0n) is 21.8. The van der Waals surface area contributed by atoms with Crippen LogP contribution in [-0.4, -0.2) is 41.5 Å². The maximum Gasteiger partial charge on any atom is 0.387 e. The van der Waals surface area contributed by atoms with Crippen LogP contribution in [0, 0.1) is 5.92 Å². The van der Waals surface area contributed by atoms with Gasteiger partial charge in [0.15, 0.2) is 11.5 Å². The van der Waals surface area contributed by atoms with Gasteiger partial charge in [0.1, 0.15) is 0 Å². The molecule has 0 aliphatic carbocycles. The standard InChI is InChI=1S/C24H27F2N3O4.C3H5ClO/c1-4-16-13-22(31)29(14-15-6-9-18(10-7-15)27-21(30)5-2)28-23(16)17-8-11-19(32-3)20(12-17)33-24(25)26;1-2-3(4)5/h6-12,16,24H,4-5,13-14H2,1-3H3,(H,27,30);2H2,1H3. The van der Waals surface area contributed by atoms with Gasteiger partial charge < -0.3 is 14.8 Å². The maximum atomic E-state index is 12.8. The smallest absolute Gasteiger partial charge is 0.387 e. The number of ether oxygens (including phenoxy) is 2. The monoisotopic (exact) mass is 551 g/mol. The average Bonchev–Trinajstić information content (AvgIpc) is 2.90. The predicted octanol–water partition coefficient (Wildman–Crippen LogP) is 5.97. The Hall–Kier alpha value is -3.53. The highest BCUT2D eigenvalue weighted by Crippen LogP contribution is 2.33. The second kappa shape index (κ2) is 15.0. The van der Waals surface area contributed by atoms with Crippen molar-refractivity contribution >= 4 is 40.1 Å². The first-order chi connectivity index (χ1) is 18.1. The van der Waals surface area contributed by atoms with E-state index in [1.165, 1.54) is 18.2 Å². The minimum atomic E-state index is -2.99. The van der Waals surface area contributed by atoms with E-state index in [4.69, 9.17) is 16.3 Å². The number of nitrogens with zero attached hydrogens (tertiary/aromatic N) is 2. The highest BCUT2D eigenvalue weighted by Gasteiger charge is 2.30. The first kappa shape index (κ1) is 30.7. The summed E-state index contributed by atoms with van der Waals surface area (Å²) in [6.07, 6.45) is 1.75. The van der Waals surface area contributed by atoms with Crippen molar-refractivity contribution in [1.82, 2.24) is 5.01 Å². The van der Waals surface area contributed by atoms with Crippen LogP contribution in [0.1, 0.15) is 57.6 Å². The van der Waals surface area contributed by atoms with Crippen molar-refractivity contribution in [2.45, 2.75) is 59.6 Å². The Kier molecular flexibility index (Phi) is 12.1. The summed E-state index contributed by atoms with van der Waals surface area (Å²) in [6.45, 7) is 2.70. The van der Waals surface area contributed by atoms with Crippen molar-refractivity contribution in [3.05, 3.63) is 53.6 Å². The van der Waals surface area contributed by atoms with Gasteiger partial charge in [-0.1, -0.05) is 32.9 Å². The second-order valence-electron chi connectivity index (χ2n) is 8.30. The number of carbonyl (C=O) groups excluding carboxylic acids is 3. The van der Waals surface area contributed by atoms with Crippen LogP contribution in [0.2, 0.25) is 0 Å². The Morgan fingerprint density at radius 3 is 2.29 bits per heavy atom. The molecule has 2 amide bonds. The van der Waals surface area contributed by atoms with Crippen LogP contribution in [0.25, 0.3) is 0 Å². The summed E-state index contributed by atoms with van der Waals surface area (Å²) in [5.41, 5.74) is 2.74. The van der Waals surface area contributed by atoms with Gasteiger partial charge in [-0.15, -0.1) is 0 Å². The minimum Gasteiger partial charge on any atom is -0.493 e. The van der Waals surface area contributed by atoms with Crippen molar-refractivity contribution in [2.75, 3.05) is 12.4 Å². The fourth-order valence-corrected chi connectivity index (χ4v) is 3.57. The lowest BCUT2D eigenvalue weighted by atomic mass is 9.89. The Morgan fingerprint density at radius 2 is 1.76 bits per heavy atom. The number of anilines is 1. The Labute approximate surface area is 225 Å². The van der Waals surface area contributed by atoms with E-state index < -0.39 is 6.61 Å². The van der Waals surface area contributed by atoms with E-state index in [2.05, 4.69) is 15.2 Å². The fraction of sp³-hybridized carbons (Fsp3) is 0.407. The van der Waals surface area contributed by atoms with Crippen molar-refractivity contribution in [3.8, 4) is 11.5 Å². The molecular formula is C27H32ClF2N3O5. The van der Waals surface area contributed by atoms with E-state index in [1.54, 1.807) is 38.1 Å². The third kappa shape index (κ3) is 9.09. The molecule has 1 unspecified atom stereocenters. The Balaban J connectivity index is 0.000000926. The lowest BCUT2D eigenvalue weighted by Crippen LogP contribution is -2.36. The number of alkyl halides is 2.